The van der Waals surface area contributed by atoms with Gasteiger partial charge in [0.05, 0.1) is 41.2 Å². The zero-order valence-corrected chi connectivity index (χ0v) is 19.9. The maximum absolute atomic E-state index is 13.0. The first kappa shape index (κ1) is 27.4. The Bertz CT molecular complexity index is 972. The lowest BCUT2D eigenvalue weighted by Gasteiger charge is -2.32. The van der Waals surface area contributed by atoms with Crippen LogP contribution < -0.4 is 0 Å². The van der Waals surface area contributed by atoms with Crippen LogP contribution in [0.15, 0.2) is 18.2 Å². The topological polar surface area (TPSA) is 178 Å². The molecule has 1 aliphatic heterocycles. The normalized spacial score (nSPS) is 19.7. The molecule has 0 radical (unpaired) electrons. The van der Waals surface area contributed by atoms with Crippen molar-refractivity contribution < 1.29 is 43.2 Å². The van der Waals surface area contributed by atoms with E-state index < -0.39 is 75.0 Å². The highest BCUT2D eigenvalue weighted by molar-refractivity contribution is 5.91. The van der Waals surface area contributed by atoms with E-state index in [1.165, 1.54) is 14.2 Å². The number of carbonyl (C=O) groups is 3. The van der Waals surface area contributed by atoms with Gasteiger partial charge in [-0.2, -0.15) is 0 Å². The molecular formula is C21H27N3O11. The molecule has 1 aliphatic rings. The zero-order valence-electron chi connectivity index (χ0n) is 19.9. The van der Waals surface area contributed by atoms with Crippen molar-refractivity contribution >= 4 is 29.4 Å². The van der Waals surface area contributed by atoms with Gasteiger partial charge in [-0.05, 0) is 27.2 Å². The Kier molecular flexibility index (Phi) is 8.68. The largest absolute Gasteiger partial charge is 0.467 e. The molecule has 0 aliphatic carbocycles. The lowest BCUT2D eigenvalue weighted by atomic mass is 10.00. The first-order chi connectivity index (χ1) is 16.3. The number of ether oxygens (including phenoxy) is 4. The molecule has 1 amide bonds. The second-order valence-electron chi connectivity index (χ2n) is 8.81. The smallest absolute Gasteiger partial charge is 0.411 e. The molecule has 0 bridgehead atoms. The number of nitrogens with zero attached hydrogens (tertiary/aromatic N) is 3. The fraction of sp³-hybridized carbons (Fsp3) is 0.571. The summed E-state index contributed by atoms with van der Waals surface area (Å²) in [5, 5.41) is 22.2. The molecule has 14 nitrogen and oxygen atoms in total. The minimum absolute atomic E-state index is 0.0978. The molecule has 1 aromatic carbocycles. The lowest BCUT2D eigenvalue weighted by molar-refractivity contribution is -0.394. The summed E-state index contributed by atoms with van der Waals surface area (Å²) in [6.07, 6.45) is -0.645. The molecule has 0 spiro atoms. The minimum Gasteiger partial charge on any atom is -0.467 e. The molecule has 1 saturated heterocycles. The highest BCUT2D eigenvalue weighted by atomic mass is 16.6. The first-order valence-corrected chi connectivity index (χ1v) is 10.5. The standard InChI is InChI=1S/C21H27N3O11/c1-21(2,3)35-20(27)22-16(8-13(10-32-4)17(22)19(26)33-5)11-34-18(25)12-6-14(23(28)29)9-15(7-12)24(30)31/h6-7,9,13,16-17H,8,10-11H2,1-5H3/t13-,16+,17+/m1/s1. The molecule has 192 valence electrons. The second kappa shape index (κ2) is 11.1. The maximum Gasteiger partial charge on any atom is 0.411 e. The monoisotopic (exact) mass is 497 g/mol. The summed E-state index contributed by atoms with van der Waals surface area (Å²) in [7, 11) is 2.59. The average Bonchev–Trinajstić information content (AvgIpc) is 3.13. The summed E-state index contributed by atoms with van der Waals surface area (Å²) >= 11 is 0. The second-order valence-corrected chi connectivity index (χ2v) is 8.81. The number of methoxy groups -OCH3 is 2. The highest BCUT2D eigenvalue weighted by Gasteiger charge is 2.50. The third kappa shape index (κ3) is 6.85. The average molecular weight is 497 g/mol. The number of hydrogen-bond acceptors (Lipinski definition) is 11. The summed E-state index contributed by atoms with van der Waals surface area (Å²) < 4.78 is 20.7. The van der Waals surface area contributed by atoms with Crippen LogP contribution in [0.2, 0.25) is 0 Å². The number of carbonyl (C=O) groups excluding carboxylic acids is 3. The Hall–Kier alpha value is -3.81. The highest BCUT2D eigenvalue weighted by Crippen LogP contribution is 2.33. The Morgan fingerprint density at radius 3 is 2.06 bits per heavy atom. The summed E-state index contributed by atoms with van der Waals surface area (Å²) in [6, 6.07) is 0.513. The van der Waals surface area contributed by atoms with Gasteiger partial charge in [0.15, 0.2) is 0 Å². The van der Waals surface area contributed by atoms with Gasteiger partial charge in [0.2, 0.25) is 0 Å². The predicted octanol–water partition coefficient (Wildman–Crippen LogP) is 2.47. The minimum atomic E-state index is -1.08. The molecule has 0 N–H and O–H groups in total. The van der Waals surface area contributed by atoms with E-state index in [9.17, 15) is 34.6 Å². The van der Waals surface area contributed by atoms with Gasteiger partial charge in [-0.25, -0.2) is 14.4 Å². The molecule has 35 heavy (non-hydrogen) atoms. The van der Waals surface area contributed by atoms with Crippen LogP contribution in [0, 0.1) is 26.1 Å². The van der Waals surface area contributed by atoms with E-state index in [1.54, 1.807) is 20.8 Å². The first-order valence-electron chi connectivity index (χ1n) is 10.5. The molecule has 1 fully saturated rings. The Labute approximate surface area is 200 Å². The summed E-state index contributed by atoms with van der Waals surface area (Å²) in [5.41, 5.74) is -2.62. The van der Waals surface area contributed by atoms with Crippen molar-refractivity contribution in [2.75, 3.05) is 27.4 Å². The van der Waals surface area contributed by atoms with Crippen molar-refractivity contribution in [1.82, 2.24) is 4.90 Å². The van der Waals surface area contributed by atoms with Gasteiger partial charge >= 0.3 is 18.0 Å². The molecule has 0 unspecified atom stereocenters. The number of rotatable bonds is 8. The van der Waals surface area contributed by atoms with Crippen LogP contribution in [-0.2, 0) is 23.7 Å². The van der Waals surface area contributed by atoms with Crippen molar-refractivity contribution in [3.8, 4) is 0 Å². The molecule has 0 aromatic heterocycles. The van der Waals surface area contributed by atoms with Crippen molar-refractivity contribution in [2.24, 2.45) is 5.92 Å². The van der Waals surface area contributed by atoms with Crippen molar-refractivity contribution in [1.29, 1.82) is 0 Å². The number of esters is 2. The van der Waals surface area contributed by atoms with Gasteiger partial charge in [0, 0.05) is 25.2 Å². The quantitative estimate of drug-likeness (QED) is 0.223. The van der Waals surface area contributed by atoms with Gasteiger partial charge in [0.25, 0.3) is 11.4 Å². The van der Waals surface area contributed by atoms with Crippen LogP contribution in [0.5, 0.6) is 0 Å². The van der Waals surface area contributed by atoms with Crippen LogP contribution in [0.3, 0.4) is 0 Å². The number of nitro groups is 2. The number of likely N-dealkylation sites (tertiary alicyclic amines) is 1. The van der Waals surface area contributed by atoms with E-state index in [0.29, 0.717) is 6.07 Å². The van der Waals surface area contributed by atoms with Gasteiger partial charge < -0.3 is 18.9 Å². The van der Waals surface area contributed by atoms with Gasteiger partial charge in [-0.3, -0.25) is 25.1 Å². The Morgan fingerprint density at radius 1 is 1.03 bits per heavy atom. The molecular weight excluding hydrogens is 470 g/mol. The fourth-order valence-electron chi connectivity index (χ4n) is 3.75. The van der Waals surface area contributed by atoms with Crippen molar-refractivity contribution in [3.63, 3.8) is 0 Å². The van der Waals surface area contributed by atoms with Crippen LogP contribution in [-0.4, -0.2) is 77.9 Å². The predicted molar refractivity (Wildman–Crippen MR) is 118 cm³/mol. The molecule has 2 rings (SSSR count). The number of hydrogen-bond donors (Lipinski definition) is 0. The third-order valence-corrected chi connectivity index (χ3v) is 5.11. The van der Waals surface area contributed by atoms with Crippen LogP contribution in [0.25, 0.3) is 0 Å². The zero-order chi connectivity index (χ0) is 26.5. The Morgan fingerprint density at radius 2 is 1.60 bits per heavy atom. The van der Waals surface area contributed by atoms with E-state index in [2.05, 4.69) is 0 Å². The molecule has 1 aromatic rings. The van der Waals surface area contributed by atoms with Crippen LogP contribution in [0.4, 0.5) is 16.2 Å². The fourth-order valence-corrected chi connectivity index (χ4v) is 3.75. The Balaban J connectivity index is 2.32. The molecule has 1 heterocycles. The summed E-state index contributed by atoms with van der Waals surface area (Å²) in [5.74, 6) is -2.28. The third-order valence-electron chi connectivity index (χ3n) is 5.11. The van der Waals surface area contributed by atoms with Gasteiger partial charge in [0.1, 0.15) is 18.2 Å². The lowest BCUT2D eigenvalue weighted by Crippen LogP contribution is -2.50. The van der Waals surface area contributed by atoms with Crippen molar-refractivity contribution in [3.05, 3.63) is 44.0 Å². The molecule has 0 saturated carbocycles. The number of non-ortho nitro benzene ring substituents is 2. The van der Waals surface area contributed by atoms with E-state index in [1.807, 2.05) is 0 Å². The van der Waals surface area contributed by atoms with Crippen LogP contribution in [0.1, 0.15) is 37.6 Å². The molecule has 3 atom stereocenters. The van der Waals surface area contributed by atoms with E-state index >= 15 is 0 Å². The van der Waals surface area contributed by atoms with Gasteiger partial charge in [-0.15, -0.1) is 0 Å². The van der Waals surface area contributed by atoms with Crippen molar-refractivity contribution in [2.45, 2.75) is 44.9 Å². The summed E-state index contributed by atoms with van der Waals surface area (Å²) in [6.45, 7) is 4.61. The van der Waals surface area contributed by atoms with E-state index in [0.717, 1.165) is 17.0 Å². The van der Waals surface area contributed by atoms with E-state index in [-0.39, 0.29) is 13.0 Å². The maximum atomic E-state index is 13.0. The SMILES string of the molecule is COC[C@H]1C[C@@H](COC(=O)c2cc([N+](=O)[O-])cc([N+](=O)[O-])c2)N(C(=O)OC(C)(C)C)[C@@H]1C(=O)OC. The van der Waals surface area contributed by atoms with Gasteiger partial charge in [-0.1, -0.05) is 0 Å². The van der Waals surface area contributed by atoms with E-state index in [4.69, 9.17) is 18.9 Å². The molecule has 14 heteroatoms. The number of amides is 1. The number of nitro benzene ring substituents is 2. The summed E-state index contributed by atoms with van der Waals surface area (Å²) in [4.78, 5) is 59.7. The van der Waals surface area contributed by atoms with Crippen LogP contribution >= 0.6 is 0 Å². The number of benzene rings is 1.